The lowest BCUT2D eigenvalue weighted by atomic mass is 10.3. The van der Waals surface area contributed by atoms with Crippen LogP contribution in [0.5, 0.6) is 0 Å². The van der Waals surface area contributed by atoms with Gasteiger partial charge in [0.15, 0.2) is 0 Å². The van der Waals surface area contributed by atoms with Crippen molar-refractivity contribution in [1.82, 2.24) is 14.5 Å². The number of benzene rings is 1. The van der Waals surface area contributed by atoms with E-state index in [2.05, 4.69) is 11.9 Å². The zero-order chi connectivity index (χ0) is 18.4. The van der Waals surface area contributed by atoms with Crippen molar-refractivity contribution in [2.24, 2.45) is 0 Å². The van der Waals surface area contributed by atoms with E-state index in [0.29, 0.717) is 18.1 Å². The topological polar surface area (TPSA) is 86.8 Å². The van der Waals surface area contributed by atoms with Gasteiger partial charge in [-0.05, 0) is 30.3 Å². The molecule has 1 saturated heterocycles. The van der Waals surface area contributed by atoms with Crippen LogP contribution in [0.2, 0.25) is 5.02 Å². The second-order valence-corrected chi connectivity index (χ2v) is 7.86. The Morgan fingerprint density at radius 3 is 2.32 bits per heavy atom. The molecule has 1 aromatic rings. The first-order valence-electron chi connectivity index (χ1n) is 7.78. The number of hydrogen-bond acceptors (Lipinski definition) is 4. The number of piperazine rings is 1. The number of nitrogens with zero attached hydrogens (tertiary/aromatic N) is 2. The van der Waals surface area contributed by atoms with Crippen molar-refractivity contribution in [2.75, 3.05) is 32.7 Å². The van der Waals surface area contributed by atoms with E-state index in [1.807, 2.05) is 0 Å². The number of halogens is 1. The maximum atomic E-state index is 12.6. The van der Waals surface area contributed by atoms with Gasteiger partial charge in [-0.2, -0.15) is 4.31 Å². The maximum Gasteiger partial charge on any atom is 0.243 e. The molecule has 0 spiro atoms. The largest absolute Gasteiger partial charge is 0.352 e. The van der Waals surface area contributed by atoms with Crippen molar-refractivity contribution in [3.63, 3.8) is 0 Å². The second-order valence-electron chi connectivity index (χ2n) is 5.48. The summed E-state index contributed by atoms with van der Waals surface area (Å²) in [5.41, 5.74) is 0. The van der Waals surface area contributed by atoms with Crippen molar-refractivity contribution < 1.29 is 18.0 Å². The third-order valence-corrected chi connectivity index (χ3v) is 6.03. The molecule has 2 amide bonds. The molecular weight excluding hydrogens is 366 g/mol. The summed E-state index contributed by atoms with van der Waals surface area (Å²) in [6, 6.07) is 6.01. The van der Waals surface area contributed by atoms with Crippen molar-refractivity contribution in [2.45, 2.75) is 11.3 Å². The first-order chi connectivity index (χ1) is 11.8. The molecular formula is C16H20ClN3O4S. The van der Waals surface area contributed by atoms with Gasteiger partial charge in [0, 0.05) is 44.2 Å². The van der Waals surface area contributed by atoms with Gasteiger partial charge in [-0.15, -0.1) is 0 Å². The van der Waals surface area contributed by atoms with E-state index in [9.17, 15) is 18.0 Å². The Morgan fingerprint density at radius 2 is 1.76 bits per heavy atom. The first kappa shape index (κ1) is 19.4. The van der Waals surface area contributed by atoms with Crippen LogP contribution in [0.15, 0.2) is 41.8 Å². The van der Waals surface area contributed by atoms with Crippen molar-refractivity contribution in [1.29, 1.82) is 0 Å². The van der Waals surface area contributed by atoms with Gasteiger partial charge >= 0.3 is 0 Å². The molecule has 1 N–H and O–H groups in total. The summed E-state index contributed by atoms with van der Waals surface area (Å²) in [4.78, 5) is 24.9. The first-order valence-corrected chi connectivity index (χ1v) is 9.60. The maximum absolute atomic E-state index is 12.6. The molecule has 0 radical (unpaired) electrons. The fraction of sp³-hybridized carbons (Fsp3) is 0.375. The molecule has 1 aromatic carbocycles. The van der Waals surface area contributed by atoms with Gasteiger partial charge in [-0.1, -0.05) is 18.2 Å². The molecule has 0 saturated carbocycles. The Bertz CT molecular complexity index is 741. The SMILES string of the molecule is C=CC(=O)NCCC(=O)N1CCN(S(=O)(=O)c2ccc(Cl)cc2)CC1. The Balaban J connectivity index is 1.88. The highest BCUT2D eigenvalue weighted by Gasteiger charge is 2.29. The van der Waals surface area contributed by atoms with E-state index in [4.69, 9.17) is 11.6 Å². The van der Waals surface area contributed by atoms with Gasteiger partial charge in [0.05, 0.1) is 4.90 Å². The summed E-state index contributed by atoms with van der Waals surface area (Å²) in [5, 5.41) is 3.01. The van der Waals surface area contributed by atoms with Gasteiger partial charge < -0.3 is 10.2 Å². The number of carbonyl (C=O) groups is 2. The molecule has 0 aromatic heterocycles. The molecule has 2 rings (SSSR count). The van der Waals surface area contributed by atoms with Gasteiger partial charge in [-0.3, -0.25) is 9.59 Å². The number of carbonyl (C=O) groups excluding carboxylic acids is 2. The molecule has 136 valence electrons. The molecule has 1 aliphatic rings. The number of sulfonamides is 1. The van der Waals surface area contributed by atoms with Crippen molar-refractivity contribution in [3.8, 4) is 0 Å². The molecule has 7 nitrogen and oxygen atoms in total. The lowest BCUT2D eigenvalue weighted by Gasteiger charge is -2.34. The Morgan fingerprint density at radius 1 is 1.16 bits per heavy atom. The summed E-state index contributed by atoms with van der Waals surface area (Å²) in [6.07, 6.45) is 1.31. The lowest BCUT2D eigenvalue weighted by Crippen LogP contribution is -2.50. The third-order valence-electron chi connectivity index (χ3n) is 3.87. The molecule has 0 bridgehead atoms. The quantitative estimate of drug-likeness (QED) is 0.736. The number of hydrogen-bond donors (Lipinski definition) is 1. The minimum Gasteiger partial charge on any atom is -0.352 e. The summed E-state index contributed by atoms with van der Waals surface area (Å²) in [6.45, 7) is 4.67. The van der Waals surface area contributed by atoms with Crippen LogP contribution in [-0.4, -0.2) is 62.2 Å². The van der Waals surface area contributed by atoms with Crippen LogP contribution in [0.25, 0.3) is 0 Å². The van der Waals surface area contributed by atoms with Gasteiger partial charge in [0.1, 0.15) is 0 Å². The smallest absolute Gasteiger partial charge is 0.243 e. The molecule has 0 unspecified atom stereocenters. The molecule has 9 heteroatoms. The fourth-order valence-corrected chi connectivity index (χ4v) is 4.00. The van der Waals surface area contributed by atoms with E-state index >= 15 is 0 Å². The molecule has 0 atom stereocenters. The predicted molar refractivity (Wildman–Crippen MR) is 94.6 cm³/mol. The highest BCUT2D eigenvalue weighted by molar-refractivity contribution is 7.89. The highest BCUT2D eigenvalue weighted by atomic mass is 35.5. The fourth-order valence-electron chi connectivity index (χ4n) is 2.46. The highest BCUT2D eigenvalue weighted by Crippen LogP contribution is 2.20. The van der Waals surface area contributed by atoms with E-state index in [1.165, 1.54) is 28.6 Å². The molecule has 0 aliphatic carbocycles. The molecule has 1 heterocycles. The van der Waals surface area contributed by atoms with E-state index < -0.39 is 10.0 Å². The van der Waals surface area contributed by atoms with Crippen LogP contribution in [-0.2, 0) is 19.6 Å². The average molecular weight is 386 g/mol. The predicted octanol–water partition coefficient (Wildman–Crippen LogP) is 0.865. The molecule has 1 aliphatic heterocycles. The Labute approximate surface area is 152 Å². The lowest BCUT2D eigenvalue weighted by molar-refractivity contribution is -0.132. The van der Waals surface area contributed by atoms with E-state index in [-0.39, 0.29) is 42.8 Å². The zero-order valence-corrected chi connectivity index (χ0v) is 15.2. The van der Waals surface area contributed by atoms with E-state index in [0.717, 1.165) is 6.08 Å². The summed E-state index contributed by atoms with van der Waals surface area (Å²) in [5.74, 6) is -0.445. The van der Waals surface area contributed by atoms with Crippen LogP contribution in [0, 0.1) is 0 Å². The van der Waals surface area contributed by atoms with Crippen LogP contribution >= 0.6 is 11.6 Å². The number of nitrogens with one attached hydrogen (secondary N) is 1. The molecule has 25 heavy (non-hydrogen) atoms. The number of rotatable bonds is 6. The van der Waals surface area contributed by atoms with Crippen molar-refractivity contribution in [3.05, 3.63) is 41.9 Å². The van der Waals surface area contributed by atoms with Crippen molar-refractivity contribution >= 4 is 33.4 Å². The third kappa shape index (κ3) is 5.04. The van der Waals surface area contributed by atoms with Crippen LogP contribution in [0.1, 0.15) is 6.42 Å². The zero-order valence-electron chi connectivity index (χ0n) is 13.7. The second kappa shape index (κ2) is 8.46. The Kier molecular flexibility index (Phi) is 6.57. The summed E-state index contributed by atoms with van der Waals surface area (Å²) >= 11 is 5.79. The monoisotopic (exact) mass is 385 g/mol. The number of amides is 2. The summed E-state index contributed by atoms with van der Waals surface area (Å²) < 4.78 is 26.5. The average Bonchev–Trinajstić information content (AvgIpc) is 2.62. The standard InChI is InChI=1S/C16H20ClN3O4S/c1-2-15(21)18-8-7-16(22)19-9-11-20(12-10-19)25(23,24)14-5-3-13(17)4-6-14/h2-6H,1,7-12H2,(H,18,21). The van der Waals surface area contributed by atoms with Crippen LogP contribution < -0.4 is 5.32 Å². The minimum atomic E-state index is -3.59. The summed E-state index contributed by atoms with van der Waals surface area (Å²) in [7, 11) is -3.59. The van der Waals surface area contributed by atoms with Gasteiger partial charge in [0.25, 0.3) is 0 Å². The normalized spacial score (nSPS) is 15.6. The van der Waals surface area contributed by atoms with Crippen LogP contribution in [0.3, 0.4) is 0 Å². The van der Waals surface area contributed by atoms with Crippen LogP contribution in [0.4, 0.5) is 0 Å². The van der Waals surface area contributed by atoms with Gasteiger partial charge in [-0.25, -0.2) is 8.42 Å². The van der Waals surface area contributed by atoms with Gasteiger partial charge in [0.2, 0.25) is 21.8 Å². The molecule has 1 fully saturated rings. The minimum absolute atomic E-state index is 0.118. The Hall–Kier alpha value is -1.90. The van der Waals surface area contributed by atoms with E-state index in [1.54, 1.807) is 4.90 Å².